The summed E-state index contributed by atoms with van der Waals surface area (Å²) in [5.41, 5.74) is 3.25. The molecule has 2 saturated heterocycles. The Bertz CT molecular complexity index is 1050. The maximum atomic E-state index is 12.7. The Kier molecular flexibility index (Phi) is 8.69. The summed E-state index contributed by atoms with van der Waals surface area (Å²) in [5, 5.41) is 2.99. The van der Waals surface area contributed by atoms with Crippen LogP contribution in [0.15, 0.2) is 53.4 Å². The molecule has 0 bridgehead atoms. The molecule has 0 unspecified atom stereocenters. The lowest BCUT2D eigenvalue weighted by Gasteiger charge is -2.26. The fourth-order valence-corrected chi connectivity index (χ4v) is 5.57. The lowest BCUT2D eigenvalue weighted by molar-refractivity contribution is -0.121. The highest BCUT2D eigenvalue weighted by molar-refractivity contribution is 7.89. The minimum atomic E-state index is -3.50. The molecule has 1 N–H and O–H groups in total. The van der Waals surface area contributed by atoms with Gasteiger partial charge < -0.3 is 14.8 Å². The number of rotatable bonds is 9. The van der Waals surface area contributed by atoms with E-state index in [1.807, 2.05) is 12.1 Å². The smallest absolute Gasteiger partial charge is 0.243 e. The fraction of sp³-hybridized carbons (Fsp3) is 0.480. The van der Waals surface area contributed by atoms with Gasteiger partial charge >= 0.3 is 0 Å². The molecule has 2 aliphatic heterocycles. The second-order valence-electron chi connectivity index (χ2n) is 8.65. The van der Waals surface area contributed by atoms with E-state index in [1.165, 1.54) is 9.87 Å². The van der Waals surface area contributed by atoms with Crippen molar-refractivity contribution in [3.63, 3.8) is 0 Å². The molecule has 184 valence electrons. The average molecular weight is 488 g/mol. The third kappa shape index (κ3) is 6.86. The molecule has 0 aromatic heterocycles. The summed E-state index contributed by atoms with van der Waals surface area (Å²) in [7, 11) is -3.50. The number of amides is 1. The molecule has 2 heterocycles. The molecule has 2 aromatic carbocycles. The number of benzene rings is 2. The van der Waals surface area contributed by atoms with Crippen molar-refractivity contribution >= 4 is 15.9 Å². The molecule has 1 amide bonds. The molecule has 2 aliphatic rings. The van der Waals surface area contributed by atoms with Crippen LogP contribution in [0.25, 0.3) is 0 Å². The number of nitrogens with zero attached hydrogens (tertiary/aromatic N) is 2. The number of hydrogen-bond donors (Lipinski definition) is 1. The van der Waals surface area contributed by atoms with Gasteiger partial charge in [0.05, 0.1) is 31.3 Å². The first-order valence-electron chi connectivity index (χ1n) is 11.8. The van der Waals surface area contributed by atoms with Crippen molar-refractivity contribution in [2.45, 2.75) is 30.8 Å². The lowest BCUT2D eigenvalue weighted by atomic mass is 10.1. The fourth-order valence-electron chi connectivity index (χ4n) is 4.17. The largest absolute Gasteiger partial charge is 0.379 e. The van der Waals surface area contributed by atoms with Gasteiger partial charge in [0.25, 0.3) is 0 Å². The second-order valence-corrected chi connectivity index (χ2v) is 10.6. The Hall–Kier alpha value is -2.30. The Labute approximate surface area is 201 Å². The first kappa shape index (κ1) is 24.8. The maximum absolute atomic E-state index is 12.7. The molecule has 0 radical (unpaired) electrons. The van der Waals surface area contributed by atoms with Gasteiger partial charge in [-0.2, -0.15) is 4.31 Å². The number of hydrogen-bond acceptors (Lipinski definition) is 6. The number of carbonyl (C=O) groups excluding carboxylic acids is 1. The minimum Gasteiger partial charge on any atom is -0.379 e. The van der Waals surface area contributed by atoms with E-state index in [-0.39, 0.29) is 10.8 Å². The van der Waals surface area contributed by atoms with Crippen molar-refractivity contribution in [1.82, 2.24) is 14.5 Å². The van der Waals surface area contributed by atoms with Gasteiger partial charge in [-0.15, -0.1) is 0 Å². The van der Waals surface area contributed by atoms with Crippen LogP contribution in [0.4, 0.5) is 0 Å². The third-order valence-electron chi connectivity index (χ3n) is 6.16. The molecule has 34 heavy (non-hydrogen) atoms. The van der Waals surface area contributed by atoms with E-state index >= 15 is 0 Å². The van der Waals surface area contributed by atoms with Crippen molar-refractivity contribution in [3.8, 4) is 0 Å². The zero-order valence-corrected chi connectivity index (χ0v) is 20.3. The zero-order chi connectivity index (χ0) is 23.8. The maximum Gasteiger partial charge on any atom is 0.243 e. The van der Waals surface area contributed by atoms with Crippen LogP contribution >= 0.6 is 0 Å². The van der Waals surface area contributed by atoms with E-state index in [9.17, 15) is 13.2 Å². The topological polar surface area (TPSA) is 88.2 Å². The average Bonchev–Trinajstić information content (AvgIpc) is 2.88. The normalized spacial score (nSPS) is 18.0. The first-order valence-corrected chi connectivity index (χ1v) is 13.3. The van der Waals surface area contributed by atoms with Crippen molar-refractivity contribution in [2.75, 3.05) is 52.6 Å². The highest BCUT2D eigenvalue weighted by atomic mass is 32.2. The molecular formula is C25H33N3O5S. The van der Waals surface area contributed by atoms with E-state index < -0.39 is 10.0 Å². The van der Waals surface area contributed by atoms with Crippen LogP contribution in [0.3, 0.4) is 0 Å². The summed E-state index contributed by atoms with van der Waals surface area (Å²) in [5.74, 6) is -0.0244. The standard InChI is InChI=1S/C25H33N3O5S/c29-25(26-19-22-2-1-3-23(18-22)20-27-10-14-32-15-11-27)9-6-21-4-7-24(8-5-21)34(30,31)28-12-16-33-17-13-28/h1-5,7-8,18H,6,9-17,19-20H2,(H,26,29). The van der Waals surface area contributed by atoms with E-state index in [4.69, 9.17) is 9.47 Å². The quantitative estimate of drug-likeness (QED) is 0.580. The highest BCUT2D eigenvalue weighted by Gasteiger charge is 2.26. The molecule has 0 atom stereocenters. The third-order valence-corrected chi connectivity index (χ3v) is 8.08. The predicted octanol–water partition coefficient (Wildman–Crippen LogP) is 1.79. The summed E-state index contributed by atoms with van der Waals surface area (Å²) in [6.07, 6.45) is 0.907. The second kappa shape index (κ2) is 11.9. The van der Waals surface area contributed by atoms with Gasteiger partial charge in [-0.25, -0.2) is 8.42 Å². The summed E-state index contributed by atoms with van der Waals surface area (Å²) in [4.78, 5) is 15.0. The van der Waals surface area contributed by atoms with Crippen LogP contribution in [0.5, 0.6) is 0 Å². The van der Waals surface area contributed by atoms with Crippen LogP contribution in [0.1, 0.15) is 23.1 Å². The Balaban J connectivity index is 1.23. The van der Waals surface area contributed by atoms with Gasteiger partial charge in [0, 0.05) is 45.7 Å². The van der Waals surface area contributed by atoms with Gasteiger partial charge in [0.15, 0.2) is 0 Å². The zero-order valence-electron chi connectivity index (χ0n) is 19.4. The summed E-state index contributed by atoms with van der Waals surface area (Å²) < 4.78 is 37.5. The Morgan fingerprint density at radius 2 is 1.50 bits per heavy atom. The number of aryl methyl sites for hydroxylation is 1. The number of sulfonamides is 1. The molecule has 0 saturated carbocycles. The molecule has 9 heteroatoms. The molecule has 2 fully saturated rings. The number of carbonyl (C=O) groups is 1. The summed E-state index contributed by atoms with van der Waals surface area (Å²) in [6.45, 7) is 6.43. The summed E-state index contributed by atoms with van der Waals surface area (Å²) >= 11 is 0. The molecule has 0 spiro atoms. The van der Waals surface area contributed by atoms with Crippen molar-refractivity contribution < 1.29 is 22.7 Å². The first-order chi connectivity index (χ1) is 16.5. The lowest BCUT2D eigenvalue weighted by Crippen LogP contribution is -2.40. The van der Waals surface area contributed by atoms with Crippen LogP contribution in [0.2, 0.25) is 0 Å². The van der Waals surface area contributed by atoms with Crippen molar-refractivity contribution in [1.29, 1.82) is 0 Å². The SMILES string of the molecule is O=C(CCc1ccc(S(=O)(=O)N2CCOCC2)cc1)NCc1cccc(CN2CCOCC2)c1. The van der Waals surface area contributed by atoms with E-state index in [1.54, 1.807) is 24.3 Å². The van der Waals surface area contributed by atoms with Gasteiger partial charge in [-0.05, 0) is 35.2 Å². The minimum absolute atomic E-state index is 0.0244. The van der Waals surface area contributed by atoms with E-state index in [0.717, 1.165) is 44.0 Å². The van der Waals surface area contributed by atoms with E-state index in [0.29, 0.717) is 45.7 Å². The number of ether oxygens (including phenoxy) is 2. The van der Waals surface area contributed by atoms with Crippen LogP contribution < -0.4 is 5.32 Å². The Morgan fingerprint density at radius 3 is 2.21 bits per heavy atom. The van der Waals surface area contributed by atoms with E-state index in [2.05, 4.69) is 22.3 Å². The van der Waals surface area contributed by atoms with Crippen LogP contribution in [0, 0.1) is 0 Å². The van der Waals surface area contributed by atoms with Crippen molar-refractivity contribution in [3.05, 3.63) is 65.2 Å². The monoisotopic (exact) mass is 487 g/mol. The van der Waals surface area contributed by atoms with Gasteiger partial charge in [0.2, 0.25) is 15.9 Å². The van der Waals surface area contributed by atoms with Crippen LogP contribution in [-0.4, -0.2) is 76.1 Å². The van der Waals surface area contributed by atoms with Crippen molar-refractivity contribution in [2.24, 2.45) is 0 Å². The summed E-state index contributed by atoms with van der Waals surface area (Å²) in [6, 6.07) is 15.1. The highest BCUT2D eigenvalue weighted by Crippen LogP contribution is 2.18. The number of morpholine rings is 2. The predicted molar refractivity (Wildman–Crippen MR) is 129 cm³/mol. The molecule has 0 aliphatic carbocycles. The molecular weight excluding hydrogens is 454 g/mol. The number of nitrogens with one attached hydrogen (secondary N) is 1. The Morgan fingerprint density at radius 1 is 0.853 bits per heavy atom. The van der Waals surface area contributed by atoms with Gasteiger partial charge in [-0.3, -0.25) is 9.69 Å². The van der Waals surface area contributed by atoms with Gasteiger partial charge in [-0.1, -0.05) is 36.4 Å². The van der Waals surface area contributed by atoms with Gasteiger partial charge in [0.1, 0.15) is 0 Å². The molecule has 4 rings (SSSR count). The van der Waals surface area contributed by atoms with Crippen LogP contribution in [-0.2, 0) is 43.8 Å². The molecule has 8 nitrogen and oxygen atoms in total. The molecule has 2 aromatic rings.